The largest absolute Gasteiger partial charge is 0.299 e. The van der Waals surface area contributed by atoms with Gasteiger partial charge in [0.05, 0.1) is 0 Å². The molecule has 0 aliphatic rings. The predicted octanol–water partition coefficient (Wildman–Crippen LogP) is 4.11. The molecule has 1 aromatic carbocycles. The number of Topliss-reactive ketones (excluding diaryl/α,β-unsaturated/α-hetero) is 1. The number of ketones is 1. The smallest absolute Gasteiger partial charge is 0.140 e. The lowest BCUT2D eigenvalue weighted by molar-refractivity contribution is -0.120. The third-order valence-corrected chi connectivity index (χ3v) is 2.80. The Morgan fingerprint density at radius 1 is 1.25 bits per heavy atom. The molecule has 86 valence electrons. The molecule has 1 unspecified atom stereocenters. The summed E-state index contributed by atoms with van der Waals surface area (Å²) in [5, 5.41) is 0. The van der Waals surface area contributed by atoms with Gasteiger partial charge >= 0.3 is 0 Å². The van der Waals surface area contributed by atoms with E-state index in [1.54, 1.807) is 0 Å². The summed E-state index contributed by atoms with van der Waals surface area (Å²) >= 11 is 0. The van der Waals surface area contributed by atoms with Crippen molar-refractivity contribution in [1.82, 2.24) is 0 Å². The second-order valence-corrected chi connectivity index (χ2v) is 4.29. The van der Waals surface area contributed by atoms with Crippen molar-refractivity contribution in [3.63, 3.8) is 0 Å². The van der Waals surface area contributed by atoms with Crippen LogP contribution in [0.5, 0.6) is 0 Å². The van der Waals surface area contributed by atoms with Gasteiger partial charge in [-0.1, -0.05) is 42.8 Å². The van der Waals surface area contributed by atoms with Crippen molar-refractivity contribution >= 4 is 5.78 Å². The van der Waals surface area contributed by atoms with Crippen LogP contribution >= 0.6 is 0 Å². The van der Waals surface area contributed by atoms with Crippen LogP contribution in [0.15, 0.2) is 42.5 Å². The fourth-order valence-corrected chi connectivity index (χ4v) is 1.85. The maximum atomic E-state index is 12.0. The Balaban J connectivity index is 2.68. The van der Waals surface area contributed by atoms with Crippen LogP contribution in [-0.4, -0.2) is 5.78 Å². The van der Waals surface area contributed by atoms with E-state index in [-0.39, 0.29) is 5.92 Å². The van der Waals surface area contributed by atoms with E-state index < -0.39 is 0 Å². The molecule has 0 saturated heterocycles. The molecule has 1 aromatic rings. The summed E-state index contributed by atoms with van der Waals surface area (Å²) in [6.07, 6.45) is 2.30. The lowest BCUT2D eigenvalue weighted by Crippen LogP contribution is -2.11. The first-order valence-electron chi connectivity index (χ1n) is 5.87. The van der Waals surface area contributed by atoms with Crippen LogP contribution in [0.2, 0.25) is 0 Å². The van der Waals surface area contributed by atoms with Crippen molar-refractivity contribution < 1.29 is 4.79 Å². The van der Waals surface area contributed by atoms with Gasteiger partial charge in [0.25, 0.3) is 0 Å². The van der Waals surface area contributed by atoms with E-state index in [1.807, 2.05) is 37.3 Å². The van der Waals surface area contributed by atoms with Gasteiger partial charge in [-0.2, -0.15) is 0 Å². The molecule has 1 nitrogen and oxygen atoms in total. The van der Waals surface area contributed by atoms with Gasteiger partial charge in [0.1, 0.15) is 5.78 Å². The fourth-order valence-electron chi connectivity index (χ4n) is 1.85. The number of hydrogen-bond donors (Lipinski definition) is 0. The second kappa shape index (κ2) is 6.26. The van der Waals surface area contributed by atoms with Crippen LogP contribution in [0.25, 0.3) is 0 Å². The van der Waals surface area contributed by atoms with Gasteiger partial charge in [0, 0.05) is 12.3 Å². The zero-order valence-corrected chi connectivity index (χ0v) is 10.2. The third-order valence-electron chi connectivity index (χ3n) is 2.80. The number of allylic oxidation sites excluding steroid dienone is 1. The zero-order chi connectivity index (χ0) is 12.0. The molecule has 16 heavy (non-hydrogen) atoms. The molecule has 0 saturated carbocycles. The first kappa shape index (κ1) is 12.7. The summed E-state index contributed by atoms with van der Waals surface area (Å²) < 4.78 is 0. The molecule has 1 rings (SSSR count). The Labute approximate surface area is 98.2 Å². The van der Waals surface area contributed by atoms with E-state index in [2.05, 4.69) is 13.5 Å². The Morgan fingerprint density at radius 3 is 2.38 bits per heavy atom. The molecular formula is C15H20O. The Morgan fingerprint density at radius 2 is 1.88 bits per heavy atom. The molecule has 0 bridgehead atoms. The maximum Gasteiger partial charge on any atom is 0.140 e. The minimum atomic E-state index is 0.0561. The Kier molecular flexibility index (Phi) is 4.97. The highest BCUT2D eigenvalue weighted by Gasteiger charge is 2.17. The van der Waals surface area contributed by atoms with E-state index in [4.69, 9.17) is 0 Å². The van der Waals surface area contributed by atoms with E-state index in [0.29, 0.717) is 12.2 Å². The lowest BCUT2D eigenvalue weighted by atomic mass is 9.89. The second-order valence-electron chi connectivity index (χ2n) is 4.29. The molecule has 0 radical (unpaired) electrons. The normalized spacial score (nSPS) is 12.1. The van der Waals surface area contributed by atoms with Crippen molar-refractivity contribution in [3.8, 4) is 0 Å². The fraction of sp³-hybridized carbons (Fsp3) is 0.400. The van der Waals surface area contributed by atoms with Crippen molar-refractivity contribution in [1.29, 1.82) is 0 Å². The number of carbonyl (C=O) groups is 1. The highest BCUT2D eigenvalue weighted by Crippen LogP contribution is 2.22. The van der Waals surface area contributed by atoms with Crippen LogP contribution in [0.1, 0.15) is 44.6 Å². The summed E-state index contributed by atoms with van der Waals surface area (Å²) in [6.45, 7) is 7.87. The van der Waals surface area contributed by atoms with Crippen molar-refractivity contribution in [2.75, 3.05) is 0 Å². The molecule has 0 fully saturated rings. The molecule has 0 aromatic heterocycles. The highest BCUT2D eigenvalue weighted by molar-refractivity contribution is 5.85. The molecule has 0 aliphatic carbocycles. The van der Waals surface area contributed by atoms with Gasteiger partial charge in [-0.25, -0.2) is 0 Å². The van der Waals surface area contributed by atoms with Gasteiger partial charge in [0.2, 0.25) is 0 Å². The quantitative estimate of drug-likeness (QED) is 0.654. The molecule has 1 atom stereocenters. The van der Waals surface area contributed by atoms with Crippen LogP contribution in [0.3, 0.4) is 0 Å². The molecule has 0 spiro atoms. The van der Waals surface area contributed by atoms with Crippen molar-refractivity contribution in [2.45, 2.75) is 39.0 Å². The van der Waals surface area contributed by atoms with E-state index in [9.17, 15) is 4.79 Å². The Hall–Kier alpha value is -1.37. The van der Waals surface area contributed by atoms with Gasteiger partial charge in [-0.15, -0.1) is 6.58 Å². The Bertz CT molecular complexity index is 351. The number of hydrogen-bond acceptors (Lipinski definition) is 1. The van der Waals surface area contributed by atoms with Crippen LogP contribution in [-0.2, 0) is 4.79 Å². The zero-order valence-electron chi connectivity index (χ0n) is 10.2. The first-order chi connectivity index (χ1) is 7.65. The topological polar surface area (TPSA) is 17.1 Å². The van der Waals surface area contributed by atoms with Crippen LogP contribution in [0.4, 0.5) is 0 Å². The average Bonchev–Trinajstić information content (AvgIpc) is 2.29. The third kappa shape index (κ3) is 3.65. The molecule has 0 aliphatic heterocycles. The van der Waals surface area contributed by atoms with E-state index in [0.717, 1.165) is 24.0 Å². The monoisotopic (exact) mass is 216 g/mol. The minimum absolute atomic E-state index is 0.0561. The van der Waals surface area contributed by atoms with Crippen molar-refractivity contribution in [3.05, 3.63) is 48.0 Å². The summed E-state index contributed by atoms with van der Waals surface area (Å²) in [7, 11) is 0. The number of benzene rings is 1. The molecule has 0 heterocycles. The number of rotatable bonds is 6. The van der Waals surface area contributed by atoms with Gasteiger partial charge in [0.15, 0.2) is 0 Å². The predicted molar refractivity (Wildman–Crippen MR) is 68.5 cm³/mol. The van der Waals surface area contributed by atoms with Gasteiger partial charge in [-0.05, 0) is 25.3 Å². The molecular weight excluding hydrogens is 196 g/mol. The van der Waals surface area contributed by atoms with E-state index >= 15 is 0 Å². The summed E-state index contributed by atoms with van der Waals surface area (Å²) in [5.41, 5.74) is 2.22. The highest BCUT2D eigenvalue weighted by atomic mass is 16.1. The molecule has 0 N–H and O–H groups in total. The molecule has 0 amide bonds. The van der Waals surface area contributed by atoms with Crippen LogP contribution < -0.4 is 0 Å². The minimum Gasteiger partial charge on any atom is -0.299 e. The van der Waals surface area contributed by atoms with E-state index in [1.165, 1.54) is 0 Å². The standard InChI is InChI=1S/C15H20O/c1-4-14(13-8-6-5-7-9-13)15(16)11-10-12(2)3/h5-9,14H,2,4,10-11H2,1,3H3. The van der Waals surface area contributed by atoms with Gasteiger partial charge < -0.3 is 0 Å². The van der Waals surface area contributed by atoms with Crippen LogP contribution in [0, 0.1) is 0 Å². The summed E-state index contributed by atoms with van der Waals surface area (Å²) in [6, 6.07) is 10.0. The average molecular weight is 216 g/mol. The maximum absolute atomic E-state index is 12.0. The SMILES string of the molecule is C=C(C)CCC(=O)C(CC)c1ccccc1. The molecule has 1 heteroatoms. The lowest BCUT2D eigenvalue weighted by Gasteiger charge is -2.13. The van der Waals surface area contributed by atoms with Crippen molar-refractivity contribution in [2.24, 2.45) is 0 Å². The summed E-state index contributed by atoms with van der Waals surface area (Å²) in [5.74, 6) is 0.386. The van der Waals surface area contributed by atoms with Gasteiger partial charge in [-0.3, -0.25) is 4.79 Å². The number of carbonyl (C=O) groups excluding carboxylic acids is 1. The first-order valence-corrected chi connectivity index (χ1v) is 5.87. The summed E-state index contributed by atoms with van der Waals surface area (Å²) in [4.78, 5) is 12.0.